The van der Waals surface area contributed by atoms with Gasteiger partial charge >= 0.3 is 7.60 Å². The van der Waals surface area contributed by atoms with Crippen molar-refractivity contribution in [3.63, 3.8) is 0 Å². The van der Waals surface area contributed by atoms with Crippen LogP contribution in [0.4, 0.5) is 0 Å². The molecule has 33 heavy (non-hydrogen) atoms. The van der Waals surface area contributed by atoms with Crippen molar-refractivity contribution < 1.29 is 13.6 Å². The molecule has 0 bridgehead atoms. The molecular formula is C29H37O3P. The molecule has 0 heterocycles. The Kier molecular flexibility index (Phi) is 9.50. The lowest BCUT2D eigenvalue weighted by Gasteiger charge is -2.22. The van der Waals surface area contributed by atoms with Crippen LogP contribution in [0.15, 0.2) is 78.9 Å². The lowest BCUT2D eigenvalue weighted by atomic mass is 9.87. The Labute approximate surface area is 199 Å². The molecule has 0 aromatic heterocycles. The second kappa shape index (κ2) is 12.3. The first-order valence-electron chi connectivity index (χ1n) is 12.0. The third kappa shape index (κ3) is 7.67. The average Bonchev–Trinajstić information content (AvgIpc) is 2.83. The molecule has 0 spiro atoms. The first-order chi connectivity index (χ1) is 15.9. The van der Waals surface area contributed by atoms with E-state index >= 15 is 0 Å². The highest BCUT2D eigenvalue weighted by Gasteiger charge is 2.25. The van der Waals surface area contributed by atoms with Crippen LogP contribution < -0.4 is 0 Å². The molecule has 0 saturated carbocycles. The zero-order valence-electron chi connectivity index (χ0n) is 20.4. The van der Waals surface area contributed by atoms with Gasteiger partial charge in [0.25, 0.3) is 0 Å². The molecule has 3 aromatic carbocycles. The summed E-state index contributed by atoms with van der Waals surface area (Å²) in [6.45, 7) is 9.54. The Morgan fingerprint density at radius 2 is 1.21 bits per heavy atom. The van der Waals surface area contributed by atoms with Gasteiger partial charge in [-0.3, -0.25) is 4.57 Å². The van der Waals surface area contributed by atoms with Gasteiger partial charge in [0.15, 0.2) is 0 Å². The second-order valence-electron chi connectivity index (χ2n) is 9.14. The zero-order valence-corrected chi connectivity index (χ0v) is 21.3. The molecule has 0 aliphatic heterocycles. The first kappa shape index (κ1) is 25.4. The fourth-order valence-electron chi connectivity index (χ4n) is 4.10. The SMILES string of the molecule is CC(C)c1cccc(C(C)C)c1CCO[P@](=O)(CCc1ccccc1)OCc1ccccc1. The monoisotopic (exact) mass is 464 g/mol. The van der Waals surface area contributed by atoms with Crippen LogP contribution in [0.25, 0.3) is 0 Å². The Bertz CT molecular complexity index is 955. The van der Waals surface area contributed by atoms with Crippen molar-refractivity contribution >= 4 is 7.60 Å². The summed E-state index contributed by atoms with van der Waals surface area (Å²) >= 11 is 0. The van der Waals surface area contributed by atoms with Crippen LogP contribution in [0.2, 0.25) is 0 Å². The van der Waals surface area contributed by atoms with Gasteiger partial charge in [-0.2, -0.15) is 0 Å². The summed E-state index contributed by atoms with van der Waals surface area (Å²) < 4.78 is 25.8. The minimum atomic E-state index is -3.26. The predicted octanol–water partition coefficient (Wildman–Crippen LogP) is 8.15. The van der Waals surface area contributed by atoms with Gasteiger partial charge in [0, 0.05) is 0 Å². The summed E-state index contributed by atoms with van der Waals surface area (Å²) in [6.07, 6.45) is 1.76. The summed E-state index contributed by atoms with van der Waals surface area (Å²) in [5, 5.41) is 0. The largest absolute Gasteiger partial charge is 0.331 e. The number of rotatable bonds is 12. The summed E-state index contributed by atoms with van der Waals surface area (Å²) in [4.78, 5) is 0. The molecule has 0 fully saturated rings. The van der Waals surface area contributed by atoms with E-state index in [0.29, 0.717) is 31.0 Å². The van der Waals surface area contributed by atoms with Gasteiger partial charge in [-0.1, -0.05) is 107 Å². The van der Waals surface area contributed by atoms with Gasteiger partial charge in [0.2, 0.25) is 0 Å². The maximum Gasteiger partial charge on any atom is 0.331 e. The van der Waals surface area contributed by atoms with E-state index < -0.39 is 7.60 Å². The molecule has 0 radical (unpaired) electrons. The van der Waals surface area contributed by atoms with Crippen LogP contribution in [-0.4, -0.2) is 12.8 Å². The van der Waals surface area contributed by atoms with E-state index in [1.807, 2.05) is 48.5 Å². The van der Waals surface area contributed by atoms with Crippen LogP contribution in [0.5, 0.6) is 0 Å². The van der Waals surface area contributed by atoms with Crippen molar-refractivity contribution in [2.45, 2.75) is 59.0 Å². The molecular weight excluding hydrogens is 427 g/mol. The van der Waals surface area contributed by atoms with E-state index in [2.05, 4.69) is 58.0 Å². The van der Waals surface area contributed by atoms with Crippen LogP contribution in [0.1, 0.15) is 67.3 Å². The van der Waals surface area contributed by atoms with Crippen molar-refractivity contribution in [2.24, 2.45) is 0 Å². The predicted molar refractivity (Wildman–Crippen MR) is 138 cm³/mol. The standard InChI is InChI=1S/C29H37O3P/c1-23(2)27-16-11-17-28(24(3)4)29(27)18-20-31-33(30,21-19-25-12-7-5-8-13-25)32-22-26-14-9-6-10-15-26/h5-17,23-24H,18-22H2,1-4H3/t33-/m1/s1. The average molecular weight is 465 g/mol. The van der Waals surface area contributed by atoms with Crippen molar-refractivity contribution in [1.29, 1.82) is 0 Å². The van der Waals surface area contributed by atoms with Gasteiger partial charge in [0.1, 0.15) is 0 Å². The third-order valence-corrected chi connectivity index (χ3v) is 7.79. The van der Waals surface area contributed by atoms with Crippen molar-refractivity contribution in [1.82, 2.24) is 0 Å². The van der Waals surface area contributed by atoms with Crippen LogP contribution in [0, 0.1) is 0 Å². The van der Waals surface area contributed by atoms with Crippen LogP contribution in [0.3, 0.4) is 0 Å². The van der Waals surface area contributed by atoms with Crippen molar-refractivity contribution in [3.05, 3.63) is 107 Å². The third-order valence-electron chi connectivity index (χ3n) is 5.92. The molecule has 3 nitrogen and oxygen atoms in total. The van der Waals surface area contributed by atoms with Gasteiger partial charge < -0.3 is 9.05 Å². The topological polar surface area (TPSA) is 35.5 Å². The van der Waals surface area contributed by atoms with Gasteiger partial charge in [-0.15, -0.1) is 0 Å². The molecule has 0 saturated heterocycles. The maximum atomic E-state index is 13.7. The minimum Gasteiger partial charge on any atom is -0.308 e. The van der Waals surface area contributed by atoms with E-state index in [1.165, 1.54) is 16.7 Å². The number of aryl methyl sites for hydroxylation is 1. The van der Waals surface area contributed by atoms with Crippen molar-refractivity contribution in [2.75, 3.05) is 12.8 Å². The Balaban J connectivity index is 1.72. The lowest BCUT2D eigenvalue weighted by Crippen LogP contribution is -2.09. The summed E-state index contributed by atoms with van der Waals surface area (Å²) in [7, 11) is -3.26. The van der Waals surface area contributed by atoms with E-state index in [9.17, 15) is 4.57 Å². The zero-order chi connectivity index (χ0) is 23.7. The van der Waals surface area contributed by atoms with Crippen LogP contribution in [-0.2, 0) is 33.1 Å². The second-order valence-corrected chi connectivity index (χ2v) is 11.3. The normalized spacial score (nSPS) is 13.4. The molecule has 0 aliphatic carbocycles. The number of hydrogen-bond donors (Lipinski definition) is 0. The maximum absolute atomic E-state index is 13.7. The molecule has 3 rings (SSSR count). The van der Waals surface area contributed by atoms with E-state index in [0.717, 1.165) is 17.5 Å². The molecule has 3 aromatic rings. The Morgan fingerprint density at radius 3 is 1.76 bits per heavy atom. The van der Waals surface area contributed by atoms with E-state index in [4.69, 9.17) is 9.05 Å². The Morgan fingerprint density at radius 1 is 0.667 bits per heavy atom. The number of hydrogen-bond acceptors (Lipinski definition) is 3. The summed E-state index contributed by atoms with van der Waals surface area (Å²) in [5.41, 5.74) is 6.13. The molecule has 0 amide bonds. The molecule has 4 heteroatoms. The fraction of sp³-hybridized carbons (Fsp3) is 0.379. The van der Waals surface area contributed by atoms with Gasteiger partial charge in [-0.05, 0) is 52.5 Å². The summed E-state index contributed by atoms with van der Waals surface area (Å²) in [5.74, 6) is 0.857. The Hall–Kier alpha value is -2.19. The van der Waals surface area contributed by atoms with Crippen molar-refractivity contribution in [3.8, 4) is 0 Å². The fourth-order valence-corrected chi connectivity index (χ4v) is 5.68. The highest BCUT2D eigenvalue weighted by molar-refractivity contribution is 7.53. The molecule has 176 valence electrons. The highest BCUT2D eigenvalue weighted by atomic mass is 31.2. The lowest BCUT2D eigenvalue weighted by molar-refractivity contribution is 0.199. The van der Waals surface area contributed by atoms with Gasteiger partial charge in [-0.25, -0.2) is 0 Å². The molecule has 0 aliphatic rings. The highest BCUT2D eigenvalue weighted by Crippen LogP contribution is 2.49. The number of benzene rings is 3. The van der Waals surface area contributed by atoms with E-state index in [-0.39, 0.29) is 6.61 Å². The summed E-state index contributed by atoms with van der Waals surface area (Å²) in [6, 6.07) is 26.5. The first-order valence-corrected chi connectivity index (χ1v) is 13.7. The smallest absolute Gasteiger partial charge is 0.308 e. The molecule has 1 atom stereocenters. The van der Waals surface area contributed by atoms with E-state index in [1.54, 1.807) is 0 Å². The molecule has 0 N–H and O–H groups in total. The quantitative estimate of drug-likeness (QED) is 0.254. The molecule has 0 unspecified atom stereocenters. The van der Waals surface area contributed by atoms with Crippen LogP contribution >= 0.6 is 7.60 Å². The van der Waals surface area contributed by atoms with Gasteiger partial charge in [0.05, 0.1) is 19.4 Å². The minimum absolute atomic E-state index is 0.284.